The molecule has 4 rings (SSSR count). The number of hydrogen-bond donors (Lipinski definition) is 0. The van der Waals surface area contributed by atoms with Crippen molar-refractivity contribution in [1.29, 1.82) is 0 Å². The third kappa shape index (κ3) is 5.84. The van der Waals surface area contributed by atoms with E-state index in [2.05, 4.69) is 12.1 Å². The van der Waals surface area contributed by atoms with E-state index < -0.39 is 5.41 Å². The minimum Gasteiger partial charge on any atom is -0.496 e. The molecule has 0 bridgehead atoms. The highest BCUT2D eigenvalue weighted by Gasteiger charge is 2.53. The Bertz CT molecular complexity index is 1350. The molecule has 0 N–H and O–H groups in total. The monoisotopic (exact) mass is 553 g/mol. The van der Waals surface area contributed by atoms with E-state index in [0.29, 0.717) is 35.5 Å². The molecule has 0 saturated heterocycles. The first-order valence-corrected chi connectivity index (χ1v) is 13.6. The van der Waals surface area contributed by atoms with Gasteiger partial charge in [0, 0.05) is 28.7 Å². The summed E-state index contributed by atoms with van der Waals surface area (Å²) in [6, 6.07) is 17.3. The van der Waals surface area contributed by atoms with Gasteiger partial charge in [-0.05, 0) is 80.1 Å². The third-order valence-corrected chi connectivity index (χ3v) is 7.65. The van der Waals surface area contributed by atoms with Crippen molar-refractivity contribution in [1.82, 2.24) is 4.90 Å². The van der Waals surface area contributed by atoms with E-state index >= 15 is 0 Å². The van der Waals surface area contributed by atoms with Crippen molar-refractivity contribution in [3.63, 3.8) is 0 Å². The van der Waals surface area contributed by atoms with Gasteiger partial charge < -0.3 is 14.4 Å². The van der Waals surface area contributed by atoms with E-state index in [0.717, 1.165) is 46.2 Å². The van der Waals surface area contributed by atoms with E-state index in [4.69, 9.17) is 32.7 Å². The molecular weight excluding hydrogens is 521 g/mol. The number of carbonyl (C=O) groups is 2. The first kappa shape index (κ1) is 28.0. The fourth-order valence-electron chi connectivity index (χ4n) is 5.01. The highest BCUT2D eigenvalue weighted by atomic mass is 35.5. The van der Waals surface area contributed by atoms with Crippen molar-refractivity contribution in [3.05, 3.63) is 86.9 Å². The molecule has 1 amide bonds. The van der Waals surface area contributed by atoms with Crippen LogP contribution in [0.1, 0.15) is 48.9 Å². The predicted octanol–water partition coefficient (Wildman–Crippen LogP) is 7.16. The van der Waals surface area contributed by atoms with Gasteiger partial charge in [0.2, 0.25) is 5.91 Å². The van der Waals surface area contributed by atoms with Crippen LogP contribution in [0.15, 0.2) is 54.6 Å². The van der Waals surface area contributed by atoms with Crippen molar-refractivity contribution in [3.8, 4) is 16.9 Å². The first-order chi connectivity index (χ1) is 18.2. The second kappa shape index (κ2) is 11.8. The van der Waals surface area contributed by atoms with Crippen molar-refractivity contribution in [2.75, 3.05) is 20.3 Å². The SMILES string of the molecule is CCOC(=O)Cc1ccc(OC)c(-c2ccc(C)cc2CN(CC)C(=O)C2(c3ccc(Cl)cc3Cl)CC2)c1. The summed E-state index contributed by atoms with van der Waals surface area (Å²) in [5, 5.41) is 1.08. The molecule has 0 atom stereocenters. The minimum absolute atomic E-state index is 0.0692. The molecule has 1 fully saturated rings. The first-order valence-electron chi connectivity index (χ1n) is 12.9. The molecule has 1 aliphatic rings. The Labute approximate surface area is 234 Å². The molecule has 5 nitrogen and oxygen atoms in total. The lowest BCUT2D eigenvalue weighted by Crippen LogP contribution is -2.39. The molecule has 0 unspecified atom stereocenters. The highest BCUT2D eigenvalue weighted by molar-refractivity contribution is 6.35. The number of rotatable bonds is 10. The minimum atomic E-state index is -0.612. The quantitative estimate of drug-likeness (QED) is 0.250. The van der Waals surface area contributed by atoms with E-state index in [9.17, 15) is 9.59 Å². The van der Waals surface area contributed by atoms with Gasteiger partial charge in [0.1, 0.15) is 5.75 Å². The largest absolute Gasteiger partial charge is 0.496 e. The Morgan fingerprint density at radius 1 is 0.974 bits per heavy atom. The van der Waals surface area contributed by atoms with Crippen LogP contribution in [0.4, 0.5) is 0 Å². The molecule has 0 spiro atoms. The van der Waals surface area contributed by atoms with E-state index in [1.165, 1.54) is 0 Å². The summed E-state index contributed by atoms with van der Waals surface area (Å²) in [4.78, 5) is 28.0. The topological polar surface area (TPSA) is 55.8 Å². The maximum Gasteiger partial charge on any atom is 0.310 e. The number of benzene rings is 3. The van der Waals surface area contributed by atoms with Gasteiger partial charge in [-0.25, -0.2) is 0 Å². The van der Waals surface area contributed by atoms with Crippen molar-refractivity contribution < 1.29 is 19.1 Å². The van der Waals surface area contributed by atoms with Crippen LogP contribution in [0.2, 0.25) is 10.0 Å². The number of hydrogen-bond acceptors (Lipinski definition) is 4. The number of aryl methyl sites for hydroxylation is 1. The molecule has 200 valence electrons. The van der Waals surface area contributed by atoms with Gasteiger partial charge in [-0.15, -0.1) is 0 Å². The summed E-state index contributed by atoms with van der Waals surface area (Å²) in [5.74, 6) is 0.495. The second-order valence-electron chi connectivity index (χ2n) is 9.70. The predicted molar refractivity (Wildman–Crippen MR) is 152 cm³/mol. The zero-order chi connectivity index (χ0) is 27.4. The van der Waals surface area contributed by atoms with E-state index in [-0.39, 0.29) is 18.3 Å². The Kier molecular flexibility index (Phi) is 8.69. The molecule has 3 aromatic carbocycles. The smallest absolute Gasteiger partial charge is 0.310 e. The number of carbonyl (C=O) groups excluding carboxylic acids is 2. The lowest BCUT2D eigenvalue weighted by atomic mass is 9.92. The maximum atomic E-state index is 14.0. The maximum absolute atomic E-state index is 14.0. The Hall–Kier alpha value is -3.02. The van der Waals surface area contributed by atoms with E-state index in [1.54, 1.807) is 26.2 Å². The number of methoxy groups -OCH3 is 1. The van der Waals surface area contributed by atoms with Gasteiger partial charge >= 0.3 is 5.97 Å². The second-order valence-corrected chi connectivity index (χ2v) is 10.5. The molecule has 3 aromatic rings. The molecular formula is C31H33Cl2NO4. The summed E-state index contributed by atoms with van der Waals surface area (Å²) in [6.45, 7) is 7.16. The zero-order valence-electron chi connectivity index (χ0n) is 22.3. The van der Waals surface area contributed by atoms with Crippen LogP contribution in [0.25, 0.3) is 11.1 Å². The molecule has 0 radical (unpaired) electrons. The summed E-state index contributed by atoms with van der Waals surface area (Å²) < 4.78 is 10.8. The number of nitrogens with zero attached hydrogens (tertiary/aromatic N) is 1. The summed E-state index contributed by atoms with van der Waals surface area (Å²) in [6.07, 6.45) is 1.69. The van der Waals surface area contributed by atoms with Gasteiger partial charge in [-0.3, -0.25) is 9.59 Å². The molecule has 1 aliphatic carbocycles. The number of halogens is 2. The molecule has 0 aromatic heterocycles. The van der Waals surface area contributed by atoms with Crippen LogP contribution in [0, 0.1) is 6.92 Å². The van der Waals surface area contributed by atoms with Crippen LogP contribution in [0.5, 0.6) is 5.75 Å². The lowest BCUT2D eigenvalue weighted by molar-refractivity contribution is -0.142. The molecule has 0 heterocycles. The van der Waals surface area contributed by atoms with Crippen molar-refractivity contribution >= 4 is 35.1 Å². The van der Waals surface area contributed by atoms with Crippen molar-refractivity contribution in [2.45, 2.75) is 52.0 Å². The molecule has 38 heavy (non-hydrogen) atoms. The zero-order valence-corrected chi connectivity index (χ0v) is 23.8. The number of likely N-dealkylation sites (N-methyl/N-ethyl adjacent to an activating group) is 1. The summed E-state index contributed by atoms with van der Waals surface area (Å²) in [5.41, 5.74) is 4.99. The summed E-state index contributed by atoms with van der Waals surface area (Å²) in [7, 11) is 1.63. The number of esters is 1. The van der Waals surface area contributed by atoms with E-state index in [1.807, 2.05) is 49.1 Å². The Morgan fingerprint density at radius 2 is 1.74 bits per heavy atom. The van der Waals surface area contributed by atoms with Crippen LogP contribution in [-0.2, 0) is 32.7 Å². The number of ether oxygens (including phenoxy) is 2. The van der Waals surface area contributed by atoms with Gasteiger partial charge in [-0.1, -0.05) is 59.1 Å². The highest BCUT2D eigenvalue weighted by Crippen LogP contribution is 2.52. The van der Waals surface area contributed by atoms with Crippen LogP contribution < -0.4 is 4.74 Å². The van der Waals surface area contributed by atoms with Gasteiger partial charge in [0.15, 0.2) is 0 Å². The normalized spacial score (nSPS) is 13.6. The number of amides is 1. The van der Waals surface area contributed by atoms with Crippen LogP contribution in [-0.4, -0.2) is 37.0 Å². The Morgan fingerprint density at radius 3 is 2.37 bits per heavy atom. The van der Waals surface area contributed by atoms with Crippen molar-refractivity contribution in [2.24, 2.45) is 0 Å². The molecule has 1 saturated carbocycles. The fraction of sp³-hybridized carbons (Fsp3) is 0.355. The van der Waals surface area contributed by atoms with Crippen LogP contribution in [0.3, 0.4) is 0 Å². The average molecular weight is 555 g/mol. The standard InChI is InChI=1S/C31H33Cl2NO4/c1-5-34(30(36)31(13-14-31)26-11-9-23(32)18-27(26)33)19-22-15-20(3)7-10-24(22)25-16-21(8-12-28(25)37-4)17-29(35)38-6-2/h7-12,15-16,18H,5-6,13-14,17,19H2,1-4H3. The Balaban J connectivity index is 1.69. The van der Waals surface area contributed by atoms with Gasteiger partial charge in [0.25, 0.3) is 0 Å². The van der Waals surface area contributed by atoms with Gasteiger partial charge in [-0.2, -0.15) is 0 Å². The fourth-order valence-corrected chi connectivity index (χ4v) is 5.60. The molecule has 7 heteroatoms. The summed E-state index contributed by atoms with van der Waals surface area (Å²) >= 11 is 12.7. The third-order valence-electron chi connectivity index (χ3n) is 7.10. The lowest BCUT2D eigenvalue weighted by Gasteiger charge is -2.28. The van der Waals surface area contributed by atoms with Crippen LogP contribution >= 0.6 is 23.2 Å². The van der Waals surface area contributed by atoms with Gasteiger partial charge in [0.05, 0.1) is 25.6 Å². The average Bonchev–Trinajstić information content (AvgIpc) is 3.69. The molecule has 0 aliphatic heterocycles.